The van der Waals surface area contributed by atoms with Gasteiger partial charge in [-0.25, -0.2) is 0 Å². The van der Waals surface area contributed by atoms with Crippen molar-refractivity contribution in [3.63, 3.8) is 0 Å². The van der Waals surface area contributed by atoms with E-state index in [0.29, 0.717) is 22.6 Å². The Morgan fingerprint density at radius 3 is 1.82 bits per heavy atom. The Hall–Kier alpha value is -2.82. The molecule has 0 saturated carbocycles. The van der Waals surface area contributed by atoms with Crippen LogP contribution < -0.4 is 9.47 Å². The van der Waals surface area contributed by atoms with E-state index in [9.17, 15) is 9.59 Å². The van der Waals surface area contributed by atoms with Crippen molar-refractivity contribution in [2.45, 2.75) is 6.54 Å². The smallest absolute Gasteiger partial charge is 0.262 e. The maximum atomic E-state index is 12.5. The first-order valence-electron chi connectivity index (χ1n) is 6.82. The van der Waals surface area contributed by atoms with Crippen molar-refractivity contribution in [3.05, 3.63) is 59.2 Å². The second-order valence-corrected chi connectivity index (χ2v) is 4.93. The van der Waals surface area contributed by atoms with Crippen molar-refractivity contribution < 1.29 is 19.1 Å². The molecule has 5 nitrogen and oxygen atoms in total. The number of methoxy groups -OCH3 is 2. The van der Waals surface area contributed by atoms with Crippen molar-refractivity contribution in [1.29, 1.82) is 0 Å². The summed E-state index contributed by atoms with van der Waals surface area (Å²) >= 11 is 0. The molecule has 2 aromatic carbocycles. The van der Waals surface area contributed by atoms with Gasteiger partial charge in [0.15, 0.2) is 11.5 Å². The van der Waals surface area contributed by atoms with Crippen LogP contribution in [0.15, 0.2) is 42.5 Å². The molecule has 1 aliphatic rings. The van der Waals surface area contributed by atoms with Crippen molar-refractivity contribution in [3.8, 4) is 11.5 Å². The summed E-state index contributed by atoms with van der Waals surface area (Å²) in [4.78, 5) is 26.2. The van der Waals surface area contributed by atoms with Gasteiger partial charge in [0.2, 0.25) is 0 Å². The Kier molecular flexibility index (Phi) is 3.55. The van der Waals surface area contributed by atoms with Crippen molar-refractivity contribution in [2.75, 3.05) is 14.2 Å². The van der Waals surface area contributed by atoms with Gasteiger partial charge in [-0.1, -0.05) is 30.3 Å². The lowest BCUT2D eigenvalue weighted by Gasteiger charge is -2.13. The predicted octanol–water partition coefficient (Wildman–Crippen LogP) is 2.50. The number of amides is 2. The first-order chi connectivity index (χ1) is 10.7. The van der Waals surface area contributed by atoms with E-state index >= 15 is 0 Å². The molecule has 0 N–H and O–H groups in total. The minimum Gasteiger partial charge on any atom is -0.493 e. The number of hydrogen-bond donors (Lipinski definition) is 0. The molecular weight excluding hydrogens is 282 g/mol. The van der Waals surface area contributed by atoms with Gasteiger partial charge in [-0.3, -0.25) is 14.5 Å². The van der Waals surface area contributed by atoms with Crippen LogP contribution in [0.1, 0.15) is 26.3 Å². The van der Waals surface area contributed by atoms with E-state index in [0.717, 1.165) is 5.56 Å². The van der Waals surface area contributed by atoms with Gasteiger partial charge in [-0.05, 0) is 17.7 Å². The van der Waals surface area contributed by atoms with Crippen LogP contribution in [0, 0.1) is 0 Å². The first kappa shape index (κ1) is 14.1. The number of hydrogen-bond acceptors (Lipinski definition) is 4. The largest absolute Gasteiger partial charge is 0.493 e. The molecule has 112 valence electrons. The van der Waals surface area contributed by atoms with E-state index < -0.39 is 0 Å². The molecule has 2 amide bonds. The van der Waals surface area contributed by atoms with Crippen molar-refractivity contribution in [2.24, 2.45) is 0 Å². The summed E-state index contributed by atoms with van der Waals surface area (Å²) in [5.41, 5.74) is 1.59. The number of carbonyl (C=O) groups excluding carboxylic acids is 2. The fourth-order valence-electron chi connectivity index (χ4n) is 2.53. The zero-order valence-electron chi connectivity index (χ0n) is 12.3. The van der Waals surface area contributed by atoms with Gasteiger partial charge in [0.1, 0.15) is 0 Å². The highest BCUT2D eigenvalue weighted by molar-refractivity contribution is 6.21. The van der Waals surface area contributed by atoms with Crippen LogP contribution in [0.4, 0.5) is 0 Å². The molecule has 0 unspecified atom stereocenters. The molecule has 0 radical (unpaired) electrons. The highest BCUT2D eigenvalue weighted by Crippen LogP contribution is 2.35. The molecule has 0 bridgehead atoms. The van der Waals surface area contributed by atoms with Crippen LogP contribution in [-0.2, 0) is 6.54 Å². The minimum atomic E-state index is -0.315. The number of imide groups is 1. The second kappa shape index (κ2) is 5.52. The normalized spacial score (nSPS) is 13.3. The summed E-state index contributed by atoms with van der Waals surface area (Å²) in [5, 5.41) is 0. The lowest BCUT2D eigenvalue weighted by atomic mass is 10.1. The average Bonchev–Trinajstić information content (AvgIpc) is 2.79. The third-order valence-electron chi connectivity index (χ3n) is 3.66. The van der Waals surface area contributed by atoms with Gasteiger partial charge in [-0.15, -0.1) is 0 Å². The molecule has 0 fully saturated rings. The molecule has 1 heterocycles. The van der Waals surface area contributed by atoms with Crippen molar-refractivity contribution in [1.82, 2.24) is 4.90 Å². The third kappa shape index (κ3) is 2.20. The number of nitrogens with zero attached hydrogens (tertiary/aromatic N) is 1. The zero-order chi connectivity index (χ0) is 15.7. The molecule has 2 aromatic rings. The molecule has 5 heteroatoms. The van der Waals surface area contributed by atoms with Gasteiger partial charge >= 0.3 is 0 Å². The summed E-state index contributed by atoms with van der Waals surface area (Å²) in [6.45, 7) is 0.248. The monoisotopic (exact) mass is 297 g/mol. The molecule has 3 rings (SSSR count). The van der Waals surface area contributed by atoms with Crippen LogP contribution in [0.5, 0.6) is 11.5 Å². The highest BCUT2D eigenvalue weighted by atomic mass is 16.5. The molecule has 1 aliphatic heterocycles. The molecule has 0 saturated heterocycles. The Morgan fingerprint density at radius 2 is 1.36 bits per heavy atom. The van der Waals surface area contributed by atoms with E-state index in [1.807, 2.05) is 30.3 Å². The van der Waals surface area contributed by atoms with Gasteiger partial charge < -0.3 is 9.47 Å². The van der Waals surface area contributed by atoms with E-state index in [1.54, 1.807) is 12.1 Å². The van der Waals surface area contributed by atoms with Gasteiger partial charge in [0.05, 0.1) is 31.9 Å². The zero-order valence-corrected chi connectivity index (χ0v) is 12.3. The van der Waals surface area contributed by atoms with Crippen molar-refractivity contribution >= 4 is 11.8 Å². The molecular formula is C17H15NO4. The van der Waals surface area contributed by atoms with Crippen LogP contribution in [-0.4, -0.2) is 30.9 Å². The summed E-state index contributed by atoms with van der Waals surface area (Å²) in [7, 11) is 2.99. The van der Waals surface area contributed by atoms with E-state index in [1.165, 1.54) is 19.1 Å². The topological polar surface area (TPSA) is 55.8 Å². The van der Waals surface area contributed by atoms with Crippen LogP contribution in [0.2, 0.25) is 0 Å². The molecule has 0 aliphatic carbocycles. The Balaban J connectivity index is 1.98. The van der Waals surface area contributed by atoms with Gasteiger partial charge in [-0.2, -0.15) is 0 Å². The number of rotatable bonds is 4. The maximum Gasteiger partial charge on any atom is 0.262 e. The number of fused-ring (bicyclic) bond motifs is 1. The molecule has 0 spiro atoms. The van der Waals surface area contributed by atoms with Gasteiger partial charge in [0, 0.05) is 0 Å². The number of carbonyl (C=O) groups is 2. The summed E-state index contributed by atoms with van der Waals surface area (Å²) in [6.07, 6.45) is 0. The molecule has 22 heavy (non-hydrogen) atoms. The molecule has 0 aromatic heterocycles. The third-order valence-corrected chi connectivity index (χ3v) is 3.66. The maximum absolute atomic E-state index is 12.5. The Labute approximate surface area is 128 Å². The lowest BCUT2D eigenvalue weighted by Crippen LogP contribution is -2.29. The summed E-state index contributed by atoms with van der Waals surface area (Å²) in [5.74, 6) is 0.238. The number of benzene rings is 2. The van der Waals surface area contributed by atoms with E-state index in [4.69, 9.17) is 9.47 Å². The average molecular weight is 297 g/mol. The summed E-state index contributed by atoms with van der Waals surface area (Å²) < 4.78 is 10.4. The second-order valence-electron chi connectivity index (χ2n) is 4.93. The Bertz CT molecular complexity index is 697. The quantitative estimate of drug-likeness (QED) is 0.814. The lowest BCUT2D eigenvalue weighted by molar-refractivity contribution is 0.0642. The predicted molar refractivity (Wildman–Crippen MR) is 80.2 cm³/mol. The fourth-order valence-corrected chi connectivity index (χ4v) is 2.53. The SMILES string of the molecule is COc1cc2c(cc1OC)C(=O)N(Cc1ccccc1)C2=O. The highest BCUT2D eigenvalue weighted by Gasteiger charge is 2.36. The number of ether oxygens (including phenoxy) is 2. The minimum absolute atomic E-state index is 0.248. The van der Waals surface area contributed by atoms with E-state index in [2.05, 4.69) is 0 Å². The Morgan fingerprint density at radius 1 is 0.864 bits per heavy atom. The summed E-state index contributed by atoms with van der Waals surface area (Å²) in [6, 6.07) is 12.5. The van der Waals surface area contributed by atoms with Crippen LogP contribution in [0.3, 0.4) is 0 Å². The fraction of sp³-hybridized carbons (Fsp3) is 0.176. The molecule has 0 atom stereocenters. The first-order valence-corrected chi connectivity index (χ1v) is 6.82. The van der Waals surface area contributed by atoms with Gasteiger partial charge in [0.25, 0.3) is 11.8 Å². The van der Waals surface area contributed by atoms with Crippen LogP contribution in [0.25, 0.3) is 0 Å². The van der Waals surface area contributed by atoms with E-state index in [-0.39, 0.29) is 18.4 Å². The van der Waals surface area contributed by atoms with Crippen LogP contribution >= 0.6 is 0 Å². The standard InChI is InChI=1S/C17H15NO4/c1-21-14-8-12-13(9-15(14)22-2)17(20)18(16(12)19)10-11-6-4-3-5-7-11/h3-9H,10H2,1-2H3.